The molecule has 1 amide bonds. The minimum Gasteiger partial charge on any atom is -0.348 e. The Kier molecular flexibility index (Phi) is 4.65. The maximum atomic E-state index is 10.7. The second kappa shape index (κ2) is 4.47. The summed E-state index contributed by atoms with van der Waals surface area (Å²) in [5.74, 6) is -2.19. The Morgan fingerprint density at radius 2 is 2.09 bits per heavy atom. The van der Waals surface area contributed by atoms with Gasteiger partial charge in [0.25, 0.3) is 0 Å². The predicted molar refractivity (Wildman–Crippen MR) is 37.9 cm³/mol. The summed E-state index contributed by atoms with van der Waals surface area (Å²) in [5.41, 5.74) is 0. The molecule has 0 aromatic rings. The molecule has 4 nitrogen and oxygen atoms in total. The molecule has 1 rings (SSSR count). The summed E-state index contributed by atoms with van der Waals surface area (Å²) in [6, 6.07) is 0. The van der Waals surface area contributed by atoms with E-state index >= 15 is 0 Å². The van der Waals surface area contributed by atoms with Crippen LogP contribution in [-0.2, 0) is 14.4 Å². The van der Waals surface area contributed by atoms with Gasteiger partial charge in [-0.1, -0.05) is 0 Å². The van der Waals surface area contributed by atoms with E-state index in [9.17, 15) is 14.4 Å². The van der Waals surface area contributed by atoms with E-state index in [-0.39, 0.29) is 69.5 Å². The zero-order valence-corrected chi connectivity index (χ0v) is 9.63. The molecule has 5 heteroatoms. The van der Waals surface area contributed by atoms with E-state index in [1.54, 1.807) is 0 Å². The summed E-state index contributed by atoms with van der Waals surface area (Å²) in [4.78, 5) is 32.0. The van der Waals surface area contributed by atoms with Crippen LogP contribution < -0.4 is 5.32 Å². The standard InChI is InChI=1S/C6H7NO3.K/c1-3(8)5-4(9)2-7-6(5)10;/h5H,2H2,1H3,(H,7,10);. The van der Waals surface area contributed by atoms with Crippen LogP contribution in [0.4, 0.5) is 0 Å². The topological polar surface area (TPSA) is 63.2 Å². The van der Waals surface area contributed by atoms with E-state index in [0.717, 1.165) is 0 Å². The van der Waals surface area contributed by atoms with Crippen LogP contribution in [0, 0.1) is 5.92 Å². The molecule has 1 fully saturated rings. The first-order valence-electron chi connectivity index (χ1n) is 2.94. The molecular weight excluding hydrogens is 173 g/mol. The number of Topliss-reactive ketones (excluding diaryl/α,β-unsaturated/α-hetero) is 2. The fraction of sp³-hybridized carbons (Fsp3) is 0.500. The molecule has 1 saturated heterocycles. The minimum atomic E-state index is -1.03. The van der Waals surface area contributed by atoms with Crippen LogP contribution >= 0.6 is 0 Å². The Morgan fingerprint density at radius 3 is 2.27 bits per heavy atom. The van der Waals surface area contributed by atoms with Crippen molar-refractivity contribution >= 4 is 68.9 Å². The van der Waals surface area contributed by atoms with E-state index in [1.165, 1.54) is 6.92 Å². The minimum absolute atomic E-state index is 0. The van der Waals surface area contributed by atoms with Crippen LogP contribution in [0.15, 0.2) is 0 Å². The summed E-state index contributed by atoms with van der Waals surface area (Å²) in [5, 5.41) is 2.29. The number of amides is 1. The molecule has 55 valence electrons. The second-order valence-electron chi connectivity index (χ2n) is 2.23. The predicted octanol–water partition coefficient (Wildman–Crippen LogP) is -1.49. The van der Waals surface area contributed by atoms with Crippen molar-refractivity contribution < 1.29 is 14.4 Å². The van der Waals surface area contributed by atoms with E-state index in [4.69, 9.17) is 0 Å². The number of carbonyl (C=O) groups is 3. The van der Waals surface area contributed by atoms with E-state index in [0.29, 0.717) is 0 Å². The zero-order chi connectivity index (χ0) is 7.72. The van der Waals surface area contributed by atoms with Crippen molar-refractivity contribution in [2.75, 3.05) is 6.54 Å². The first kappa shape index (κ1) is 11.4. The monoisotopic (exact) mass is 180 g/mol. The van der Waals surface area contributed by atoms with Crippen LogP contribution in [0.2, 0.25) is 0 Å². The first-order chi connectivity index (χ1) is 4.63. The Labute approximate surface area is 107 Å². The molecule has 0 aliphatic carbocycles. The van der Waals surface area contributed by atoms with E-state index in [2.05, 4.69) is 5.32 Å². The number of rotatable bonds is 1. The Hall–Kier alpha value is 0.446. The van der Waals surface area contributed by atoms with Gasteiger partial charge in [-0.2, -0.15) is 0 Å². The van der Waals surface area contributed by atoms with Crippen LogP contribution in [0.5, 0.6) is 0 Å². The summed E-state index contributed by atoms with van der Waals surface area (Å²) < 4.78 is 0. The Bertz CT molecular complexity index is 198. The third kappa shape index (κ3) is 2.45. The van der Waals surface area contributed by atoms with Crippen molar-refractivity contribution in [2.24, 2.45) is 5.92 Å². The van der Waals surface area contributed by atoms with Gasteiger partial charge in [-0.25, -0.2) is 0 Å². The summed E-state index contributed by atoms with van der Waals surface area (Å²) in [7, 11) is 0. The normalized spacial score (nSPS) is 22.5. The molecule has 1 radical (unpaired) electrons. The van der Waals surface area contributed by atoms with Gasteiger partial charge in [-0.05, 0) is 6.92 Å². The number of ketones is 2. The summed E-state index contributed by atoms with van der Waals surface area (Å²) in [6.45, 7) is 1.25. The third-order valence-electron chi connectivity index (χ3n) is 1.43. The molecule has 1 unspecified atom stereocenters. The molecule has 0 aromatic heterocycles. The van der Waals surface area contributed by atoms with Gasteiger partial charge >= 0.3 is 0 Å². The van der Waals surface area contributed by atoms with Crippen molar-refractivity contribution in [3.05, 3.63) is 0 Å². The van der Waals surface area contributed by atoms with Crippen molar-refractivity contribution in [3.63, 3.8) is 0 Å². The quantitative estimate of drug-likeness (QED) is 0.395. The number of hydrogen-bond donors (Lipinski definition) is 1. The maximum absolute atomic E-state index is 10.7. The van der Waals surface area contributed by atoms with Crippen LogP contribution in [-0.4, -0.2) is 75.4 Å². The van der Waals surface area contributed by atoms with Gasteiger partial charge in [-0.15, -0.1) is 0 Å². The average molecular weight is 180 g/mol. The van der Waals surface area contributed by atoms with Crippen molar-refractivity contribution in [2.45, 2.75) is 6.92 Å². The second-order valence-corrected chi connectivity index (χ2v) is 2.23. The number of hydrogen-bond acceptors (Lipinski definition) is 3. The molecule has 1 N–H and O–H groups in total. The van der Waals surface area contributed by atoms with Crippen molar-refractivity contribution in [3.8, 4) is 0 Å². The van der Waals surface area contributed by atoms with Crippen molar-refractivity contribution in [1.29, 1.82) is 0 Å². The fourth-order valence-corrected chi connectivity index (χ4v) is 0.936. The van der Waals surface area contributed by atoms with E-state index < -0.39 is 11.8 Å². The van der Waals surface area contributed by atoms with Gasteiger partial charge in [-0.3, -0.25) is 14.4 Å². The molecule has 0 saturated carbocycles. The fourth-order valence-electron chi connectivity index (χ4n) is 0.936. The van der Waals surface area contributed by atoms with Crippen LogP contribution in [0.25, 0.3) is 0 Å². The summed E-state index contributed by atoms with van der Waals surface area (Å²) in [6.07, 6.45) is 0. The Balaban J connectivity index is 0.000001000. The van der Waals surface area contributed by atoms with Gasteiger partial charge in [0, 0.05) is 51.4 Å². The average Bonchev–Trinajstić information content (AvgIpc) is 2.11. The maximum Gasteiger partial charge on any atom is 0.238 e. The molecule has 11 heavy (non-hydrogen) atoms. The zero-order valence-electron chi connectivity index (χ0n) is 6.51. The molecule has 1 aliphatic rings. The summed E-state index contributed by atoms with van der Waals surface area (Å²) >= 11 is 0. The molecule has 0 aromatic carbocycles. The Morgan fingerprint density at radius 1 is 1.55 bits per heavy atom. The van der Waals surface area contributed by atoms with Gasteiger partial charge in [0.05, 0.1) is 6.54 Å². The third-order valence-corrected chi connectivity index (χ3v) is 1.43. The molecule has 0 spiro atoms. The van der Waals surface area contributed by atoms with Crippen LogP contribution in [0.3, 0.4) is 0 Å². The SMILES string of the molecule is CC(=O)C1C(=O)CNC1=O.[K]. The van der Waals surface area contributed by atoms with Gasteiger partial charge in [0.2, 0.25) is 5.91 Å². The van der Waals surface area contributed by atoms with Gasteiger partial charge < -0.3 is 5.32 Å². The molecule has 1 heterocycles. The van der Waals surface area contributed by atoms with Gasteiger partial charge in [0.15, 0.2) is 11.7 Å². The number of carbonyl (C=O) groups excluding carboxylic acids is 3. The molecule has 0 bridgehead atoms. The van der Waals surface area contributed by atoms with Crippen molar-refractivity contribution in [1.82, 2.24) is 5.32 Å². The molecular formula is C6H7KNO3. The van der Waals surface area contributed by atoms with E-state index in [1.807, 2.05) is 0 Å². The molecule has 1 atom stereocenters. The number of nitrogens with one attached hydrogen (secondary N) is 1. The molecule has 1 aliphatic heterocycles. The van der Waals surface area contributed by atoms with Crippen LogP contribution in [0.1, 0.15) is 6.92 Å². The van der Waals surface area contributed by atoms with Gasteiger partial charge in [0.1, 0.15) is 5.78 Å². The first-order valence-corrected chi connectivity index (χ1v) is 2.94. The smallest absolute Gasteiger partial charge is 0.238 e. The largest absolute Gasteiger partial charge is 0.348 e.